The topological polar surface area (TPSA) is 88.6 Å². The van der Waals surface area contributed by atoms with Crippen molar-refractivity contribution in [3.8, 4) is 0 Å². The molecule has 8 heteroatoms. The van der Waals surface area contributed by atoms with E-state index in [0.717, 1.165) is 5.56 Å². The van der Waals surface area contributed by atoms with E-state index < -0.39 is 10.0 Å². The summed E-state index contributed by atoms with van der Waals surface area (Å²) in [6, 6.07) is 9.78. The van der Waals surface area contributed by atoms with Crippen LogP contribution in [0.3, 0.4) is 0 Å². The van der Waals surface area contributed by atoms with E-state index in [-0.39, 0.29) is 24.0 Å². The summed E-state index contributed by atoms with van der Waals surface area (Å²) < 4.78 is 32.3. The molecule has 2 aromatic rings. The van der Waals surface area contributed by atoms with Gasteiger partial charge in [0.1, 0.15) is 6.61 Å². The van der Waals surface area contributed by atoms with Crippen LogP contribution in [-0.2, 0) is 26.1 Å². The van der Waals surface area contributed by atoms with Crippen molar-refractivity contribution in [1.82, 2.24) is 9.71 Å². The lowest BCUT2D eigenvalue weighted by atomic mass is 10.2. The highest BCUT2D eigenvalue weighted by Crippen LogP contribution is 2.19. The number of ether oxygens (including phenoxy) is 1. The van der Waals surface area contributed by atoms with E-state index in [0.29, 0.717) is 18.8 Å². The summed E-state index contributed by atoms with van der Waals surface area (Å²) in [5.74, 6) is -0.133. The Morgan fingerprint density at radius 3 is 2.67 bits per heavy atom. The fraction of sp³-hybridized carbons (Fsp3) is 0.250. The predicted molar refractivity (Wildman–Crippen MR) is 87.9 cm³/mol. The molecule has 0 unspecified atom stereocenters. The van der Waals surface area contributed by atoms with Gasteiger partial charge in [-0.1, -0.05) is 6.07 Å². The molecule has 3 rings (SSSR count). The molecule has 126 valence electrons. The lowest BCUT2D eigenvalue weighted by molar-refractivity contribution is -0.125. The first-order chi connectivity index (χ1) is 11.6. The number of aromatic nitrogens is 1. The number of sulfonamides is 1. The first kappa shape index (κ1) is 16.6. The molecule has 0 bridgehead atoms. The van der Waals surface area contributed by atoms with Gasteiger partial charge in [-0.25, -0.2) is 13.1 Å². The highest BCUT2D eigenvalue weighted by atomic mass is 32.2. The van der Waals surface area contributed by atoms with Crippen LogP contribution in [0, 0.1) is 0 Å². The Balaban J connectivity index is 1.71. The Morgan fingerprint density at radius 2 is 2.00 bits per heavy atom. The van der Waals surface area contributed by atoms with E-state index in [1.165, 1.54) is 12.1 Å². The Hall–Kier alpha value is -2.29. The lowest BCUT2D eigenvalue weighted by Crippen LogP contribution is -2.41. The first-order valence-corrected chi connectivity index (χ1v) is 8.91. The van der Waals surface area contributed by atoms with Crippen LogP contribution < -0.4 is 9.62 Å². The fourth-order valence-electron chi connectivity index (χ4n) is 2.36. The van der Waals surface area contributed by atoms with E-state index in [1.807, 2.05) is 0 Å². The number of amides is 1. The van der Waals surface area contributed by atoms with Crippen LogP contribution in [0.25, 0.3) is 0 Å². The molecule has 1 aromatic carbocycles. The van der Waals surface area contributed by atoms with Gasteiger partial charge in [-0.2, -0.15) is 0 Å². The number of hydrogen-bond donors (Lipinski definition) is 1. The molecule has 0 radical (unpaired) electrons. The van der Waals surface area contributed by atoms with Crippen molar-refractivity contribution in [2.45, 2.75) is 11.4 Å². The maximum absolute atomic E-state index is 12.3. The highest BCUT2D eigenvalue weighted by Gasteiger charge is 2.21. The third-order valence-corrected chi connectivity index (χ3v) is 5.05. The molecular formula is C16H17N3O4S. The molecule has 1 aliphatic rings. The Morgan fingerprint density at radius 1 is 1.21 bits per heavy atom. The van der Waals surface area contributed by atoms with E-state index in [2.05, 4.69) is 9.71 Å². The molecule has 0 saturated carbocycles. The summed E-state index contributed by atoms with van der Waals surface area (Å²) in [5, 5.41) is 0. The summed E-state index contributed by atoms with van der Waals surface area (Å²) in [7, 11) is -3.63. The van der Waals surface area contributed by atoms with Crippen LogP contribution >= 0.6 is 0 Å². The van der Waals surface area contributed by atoms with Gasteiger partial charge < -0.3 is 9.64 Å². The molecule has 1 fully saturated rings. The number of morpholine rings is 1. The molecule has 2 heterocycles. The van der Waals surface area contributed by atoms with Crippen LogP contribution in [0.4, 0.5) is 5.69 Å². The number of carbonyl (C=O) groups is 1. The van der Waals surface area contributed by atoms with E-state index in [1.54, 1.807) is 41.6 Å². The number of nitrogens with one attached hydrogen (secondary N) is 1. The molecule has 0 aliphatic carbocycles. The average Bonchev–Trinajstić information content (AvgIpc) is 2.62. The molecule has 24 heavy (non-hydrogen) atoms. The number of benzene rings is 1. The third-order valence-electron chi connectivity index (χ3n) is 3.63. The molecule has 1 saturated heterocycles. The van der Waals surface area contributed by atoms with Crippen LogP contribution in [0.5, 0.6) is 0 Å². The van der Waals surface area contributed by atoms with E-state index >= 15 is 0 Å². The second-order valence-corrected chi connectivity index (χ2v) is 7.04. The quantitative estimate of drug-likeness (QED) is 0.869. The van der Waals surface area contributed by atoms with Gasteiger partial charge in [-0.3, -0.25) is 9.78 Å². The minimum atomic E-state index is -3.63. The molecular weight excluding hydrogens is 330 g/mol. The largest absolute Gasteiger partial charge is 0.370 e. The van der Waals surface area contributed by atoms with Crippen molar-refractivity contribution in [2.75, 3.05) is 24.7 Å². The minimum Gasteiger partial charge on any atom is -0.370 e. The number of pyridine rings is 1. The normalized spacial score (nSPS) is 15.5. The first-order valence-electron chi connectivity index (χ1n) is 7.43. The maximum atomic E-state index is 12.3. The van der Waals surface area contributed by atoms with E-state index in [9.17, 15) is 13.2 Å². The monoisotopic (exact) mass is 347 g/mol. The Labute approximate surface area is 140 Å². The van der Waals surface area contributed by atoms with Gasteiger partial charge in [-0.05, 0) is 35.9 Å². The minimum absolute atomic E-state index is 0.0483. The number of carbonyl (C=O) groups excluding carboxylic acids is 1. The van der Waals surface area contributed by atoms with Crippen LogP contribution in [0.15, 0.2) is 53.7 Å². The van der Waals surface area contributed by atoms with Crippen molar-refractivity contribution in [3.05, 3.63) is 54.4 Å². The van der Waals surface area contributed by atoms with Gasteiger partial charge >= 0.3 is 0 Å². The van der Waals surface area contributed by atoms with Crippen molar-refractivity contribution < 1.29 is 17.9 Å². The van der Waals surface area contributed by atoms with Gasteiger partial charge in [0.2, 0.25) is 10.0 Å². The van der Waals surface area contributed by atoms with Gasteiger partial charge in [0.05, 0.1) is 11.5 Å². The van der Waals surface area contributed by atoms with Crippen molar-refractivity contribution in [1.29, 1.82) is 0 Å². The maximum Gasteiger partial charge on any atom is 0.253 e. The van der Waals surface area contributed by atoms with Gasteiger partial charge in [-0.15, -0.1) is 0 Å². The second-order valence-electron chi connectivity index (χ2n) is 5.28. The predicted octanol–water partition coefficient (Wildman–Crippen LogP) is 0.923. The molecule has 1 N–H and O–H groups in total. The zero-order chi connectivity index (χ0) is 17.0. The fourth-order valence-corrected chi connectivity index (χ4v) is 3.38. The summed E-state index contributed by atoms with van der Waals surface area (Å²) in [6.45, 7) is 1.15. The molecule has 0 spiro atoms. The molecule has 1 aromatic heterocycles. The second kappa shape index (κ2) is 7.08. The number of anilines is 1. The molecule has 7 nitrogen and oxygen atoms in total. The van der Waals surface area contributed by atoms with Crippen LogP contribution in [0.2, 0.25) is 0 Å². The standard InChI is InChI=1S/C16H17N3O4S/c20-16-12-23-9-8-19(16)14-3-5-15(6-4-14)24(21,22)18-11-13-2-1-7-17-10-13/h1-7,10,18H,8-9,11-12H2. The van der Waals surface area contributed by atoms with E-state index in [4.69, 9.17) is 4.74 Å². The highest BCUT2D eigenvalue weighted by molar-refractivity contribution is 7.89. The average molecular weight is 347 g/mol. The van der Waals surface area contributed by atoms with Gasteiger partial charge in [0.25, 0.3) is 5.91 Å². The zero-order valence-electron chi connectivity index (χ0n) is 12.9. The smallest absolute Gasteiger partial charge is 0.253 e. The van der Waals surface area contributed by atoms with Crippen molar-refractivity contribution >= 4 is 21.6 Å². The number of hydrogen-bond acceptors (Lipinski definition) is 5. The Kier molecular flexibility index (Phi) is 4.89. The lowest BCUT2D eigenvalue weighted by Gasteiger charge is -2.26. The number of rotatable bonds is 5. The molecule has 1 aliphatic heterocycles. The summed E-state index contributed by atoms with van der Waals surface area (Å²) in [4.78, 5) is 17.5. The summed E-state index contributed by atoms with van der Waals surface area (Å²) in [5.41, 5.74) is 1.44. The SMILES string of the molecule is O=C1COCCN1c1ccc(S(=O)(=O)NCc2cccnc2)cc1. The number of nitrogens with zero attached hydrogens (tertiary/aromatic N) is 2. The summed E-state index contributed by atoms with van der Waals surface area (Å²) >= 11 is 0. The van der Waals surface area contributed by atoms with Crippen LogP contribution in [-0.4, -0.2) is 39.1 Å². The van der Waals surface area contributed by atoms with Gasteiger partial charge in [0, 0.05) is 31.2 Å². The molecule has 1 amide bonds. The molecule has 0 atom stereocenters. The Bertz CT molecular complexity index is 807. The summed E-state index contributed by atoms with van der Waals surface area (Å²) in [6.07, 6.45) is 3.24. The van der Waals surface area contributed by atoms with Crippen molar-refractivity contribution in [2.24, 2.45) is 0 Å². The zero-order valence-corrected chi connectivity index (χ0v) is 13.7. The third kappa shape index (κ3) is 3.78. The van der Waals surface area contributed by atoms with Crippen molar-refractivity contribution in [3.63, 3.8) is 0 Å². The van der Waals surface area contributed by atoms with Crippen LogP contribution in [0.1, 0.15) is 5.56 Å². The van der Waals surface area contributed by atoms with Gasteiger partial charge in [0.15, 0.2) is 0 Å².